The molecule has 7 heteroatoms. The molecule has 0 saturated carbocycles. The maximum atomic E-state index is 12.2. The molecule has 2 heterocycles. The second-order valence-corrected chi connectivity index (χ2v) is 5.83. The van der Waals surface area contributed by atoms with E-state index in [0.717, 1.165) is 15.1 Å². The summed E-state index contributed by atoms with van der Waals surface area (Å²) in [6.45, 7) is 1.99. The van der Waals surface area contributed by atoms with E-state index >= 15 is 0 Å². The number of anilines is 1. The summed E-state index contributed by atoms with van der Waals surface area (Å²) in [4.78, 5) is 26.8. The van der Waals surface area contributed by atoms with Crippen LogP contribution in [0.25, 0.3) is 10.2 Å². The highest BCUT2D eigenvalue weighted by atomic mass is 32.1. The number of aromatic amines is 1. The van der Waals surface area contributed by atoms with E-state index in [9.17, 15) is 14.9 Å². The predicted molar refractivity (Wildman–Crippen MR) is 82.0 cm³/mol. The molecule has 0 spiro atoms. The van der Waals surface area contributed by atoms with E-state index in [4.69, 9.17) is 0 Å². The van der Waals surface area contributed by atoms with Crippen LogP contribution >= 0.6 is 11.3 Å². The molecule has 0 saturated heterocycles. The number of para-hydroxylation sites is 2. The number of thiophene rings is 1. The molecule has 0 atom stereocenters. The Kier molecular flexibility index (Phi) is 3.19. The van der Waals surface area contributed by atoms with Crippen molar-refractivity contribution < 1.29 is 9.72 Å². The van der Waals surface area contributed by atoms with Gasteiger partial charge in [-0.3, -0.25) is 14.9 Å². The molecule has 3 aromatic rings. The average Bonchev–Trinajstić information content (AvgIpc) is 2.96. The number of rotatable bonds is 3. The van der Waals surface area contributed by atoms with Crippen LogP contribution in [0.4, 0.5) is 11.4 Å². The fourth-order valence-corrected chi connectivity index (χ4v) is 3.02. The fourth-order valence-electron chi connectivity index (χ4n) is 2.10. The van der Waals surface area contributed by atoms with Crippen molar-refractivity contribution in [2.24, 2.45) is 0 Å². The Morgan fingerprint density at radius 1 is 1.33 bits per heavy atom. The molecule has 0 aliphatic carbocycles. The quantitative estimate of drug-likeness (QED) is 0.571. The van der Waals surface area contributed by atoms with Gasteiger partial charge in [-0.2, -0.15) is 0 Å². The lowest BCUT2D eigenvalue weighted by atomic mass is 10.2. The van der Waals surface area contributed by atoms with E-state index in [0.29, 0.717) is 5.69 Å². The number of hydrogen-bond donors (Lipinski definition) is 2. The SMILES string of the molecule is Cc1cc2[nH]c(C(=O)Nc3ccccc3[N+](=O)[O-])cc2s1. The highest BCUT2D eigenvalue weighted by Crippen LogP contribution is 2.27. The van der Waals surface area contributed by atoms with Gasteiger partial charge >= 0.3 is 0 Å². The Bertz CT molecular complexity index is 819. The highest BCUT2D eigenvalue weighted by molar-refractivity contribution is 7.19. The molecular formula is C14H11N3O3S. The van der Waals surface area contributed by atoms with Crippen molar-refractivity contribution in [3.63, 3.8) is 0 Å². The minimum Gasteiger partial charge on any atom is -0.350 e. The standard InChI is InChI=1S/C14H11N3O3S/c1-8-6-10-13(21-8)7-11(15-10)14(18)16-9-4-2-3-5-12(9)17(19)20/h2-7,15H,1H3,(H,16,18). The summed E-state index contributed by atoms with van der Waals surface area (Å²) in [5.41, 5.74) is 1.33. The Morgan fingerprint density at radius 2 is 2.10 bits per heavy atom. The third-order valence-corrected chi connectivity index (χ3v) is 4.02. The van der Waals surface area contributed by atoms with Crippen LogP contribution in [0.15, 0.2) is 36.4 Å². The Labute approximate surface area is 123 Å². The maximum absolute atomic E-state index is 12.2. The Hall–Kier alpha value is -2.67. The van der Waals surface area contributed by atoms with Crippen molar-refractivity contribution in [3.05, 3.63) is 57.1 Å². The van der Waals surface area contributed by atoms with E-state index in [2.05, 4.69) is 10.3 Å². The minimum absolute atomic E-state index is 0.130. The van der Waals surface area contributed by atoms with E-state index in [1.54, 1.807) is 29.5 Å². The Balaban J connectivity index is 1.89. The first-order chi connectivity index (χ1) is 10.0. The number of aromatic nitrogens is 1. The molecule has 1 aromatic carbocycles. The lowest BCUT2D eigenvalue weighted by Gasteiger charge is -2.04. The van der Waals surface area contributed by atoms with Gasteiger partial charge in [0, 0.05) is 10.9 Å². The summed E-state index contributed by atoms with van der Waals surface area (Å²) >= 11 is 1.59. The first kappa shape index (κ1) is 13.3. The van der Waals surface area contributed by atoms with E-state index in [1.165, 1.54) is 12.1 Å². The number of nitrogens with one attached hydrogen (secondary N) is 2. The van der Waals surface area contributed by atoms with E-state index in [-0.39, 0.29) is 11.4 Å². The number of nitro benzene ring substituents is 1. The third-order valence-electron chi connectivity index (χ3n) is 3.02. The van der Waals surface area contributed by atoms with Gasteiger partial charge in [0.15, 0.2) is 0 Å². The number of nitrogens with zero attached hydrogens (tertiary/aromatic N) is 1. The normalized spacial score (nSPS) is 10.7. The third kappa shape index (κ3) is 2.50. The van der Waals surface area contributed by atoms with Gasteiger partial charge in [0.2, 0.25) is 0 Å². The van der Waals surface area contributed by atoms with Crippen molar-refractivity contribution in [1.82, 2.24) is 4.98 Å². The van der Waals surface area contributed by atoms with Gasteiger partial charge in [0.1, 0.15) is 11.4 Å². The number of aryl methyl sites for hydroxylation is 1. The molecule has 3 rings (SSSR count). The van der Waals surface area contributed by atoms with E-state index < -0.39 is 10.8 Å². The first-order valence-electron chi connectivity index (χ1n) is 6.18. The lowest BCUT2D eigenvalue weighted by molar-refractivity contribution is -0.383. The monoisotopic (exact) mass is 301 g/mol. The molecule has 0 radical (unpaired) electrons. The van der Waals surface area contributed by atoms with Crippen LogP contribution < -0.4 is 5.32 Å². The largest absolute Gasteiger partial charge is 0.350 e. The summed E-state index contributed by atoms with van der Waals surface area (Å²) in [7, 11) is 0. The Morgan fingerprint density at radius 3 is 2.81 bits per heavy atom. The summed E-state index contributed by atoms with van der Waals surface area (Å²) < 4.78 is 0.986. The van der Waals surface area contributed by atoms with Gasteiger partial charge in [-0.25, -0.2) is 0 Å². The van der Waals surface area contributed by atoms with Gasteiger partial charge in [-0.15, -0.1) is 11.3 Å². The van der Waals surface area contributed by atoms with Crippen molar-refractivity contribution in [3.8, 4) is 0 Å². The number of fused-ring (bicyclic) bond motifs is 1. The molecule has 1 amide bonds. The van der Waals surface area contributed by atoms with Crippen LogP contribution in [0.1, 0.15) is 15.4 Å². The van der Waals surface area contributed by atoms with Gasteiger partial charge in [-0.05, 0) is 25.1 Å². The summed E-state index contributed by atoms with van der Waals surface area (Å²) in [6.07, 6.45) is 0. The summed E-state index contributed by atoms with van der Waals surface area (Å²) in [6, 6.07) is 9.76. The number of carbonyl (C=O) groups is 1. The fraction of sp³-hybridized carbons (Fsp3) is 0.0714. The molecule has 0 aliphatic rings. The summed E-state index contributed by atoms with van der Waals surface area (Å²) in [5, 5.41) is 13.5. The first-order valence-corrected chi connectivity index (χ1v) is 7.00. The molecule has 2 N–H and O–H groups in total. The maximum Gasteiger partial charge on any atom is 0.292 e. The highest BCUT2D eigenvalue weighted by Gasteiger charge is 2.17. The van der Waals surface area contributed by atoms with Crippen molar-refractivity contribution in [2.45, 2.75) is 6.92 Å². The molecular weight excluding hydrogens is 290 g/mol. The second-order valence-electron chi connectivity index (χ2n) is 4.55. The van der Waals surface area contributed by atoms with Crippen LogP contribution in [0.3, 0.4) is 0 Å². The number of H-pyrrole nitrogens is 1. The number of carbonyl (C=O) groups excluding carboxylic acids is 1. The van der Waals surface area contributed by atoms with Crippen LogP contribution in [0.5, 0.6) is 0 Å². The van der Waals surface area contributed by atoms with Gasteiger partial charge in [0.25, 0.3) is 11.6 Å². The molecule has 2 aromatic heterocycles. The molecule has 106 valence electrons. The van der Waals surface area contributed by atoms with Crippen molar-refractivity contribution in [1.29, 1.82) is 0 Å². The van der Waals surface area contributed by atoms with Crippen LogP contribution in [0.2, 0.25) is 0 Å². The zero-order valence-electron chi connectivity index (χ0n) is 11.0. The zero-order chi connectivity index (χ0) is 15.0. The van der Waals surface area contributed by atoms with Crippen LogP contribution in [-0.2, 0) is 0 Å². The average molecular weight is 301 g/mol. The van der Waals surface area contributed by atoms with Gasteiger partial charge < -0.3 is 10.3 Å². The van der Waals surface area contributed by atoms with Gasteiger partial charge in [0.05, 0.1) is 15.1 Å². The van der Waals surface area contributed by atoms with Crippen molar-refractivity contribution in [2.75, 3.05) is 5.32 Å². The summed E-state index contributed by atoms with van der Waals surface area (Å²) in [5.74, 6) is -0.398. The second kappa shape index (κ2) is 5.02. The number of hydrogen-bond acceptors (Lipinski definition) is 4. The number of nitro groups is 1. The smallest absolute Gasteiger partial charge is 0.292 e. The van der Waals surface area contributed by atoms with Crippen molar-refractivity contribution >= 4 is 38.8 Å². The molecule has 0 unspecified atom stereocenters. The lowest BCUT2D eigenvalue weighted by Crippen LogP contribution is -2.13. The topological polar surface area (TPSA) is 88.0 Å². The zero-order valence-corrected chi connectivity index (χ0v) is 11.9. The molecule has 6 nitrogen and oxygen atoms in total. The van der Waals surface area contributed by atoms with Crippen LogP contribution in [-0.4, -0.2) is 15.8 Å². The molecule has 0 fully saturated rings. The van der Waals surface area contributed by atoms with Crippen LogP contribution in [0, 0.1) is 17.0 Å². The number of benzene rings is 1. The minimum atomic E-state index is -0.522. The van der Waals surface area contributed by atoms with Gasteiger partial charge in [-0.1, -0.05) is 12.1 Å². The number of amides is 1. The van der Waals surface area contributed by atoms with E-state index in [1.807, 2.05) is 13.0 Å². The molecule has 0 bridgehead atoms. The predicted octanol–water partition coefficient (Wildman–Crippen LogP) is 3.70. The molecule has 21 heavy (non-hydrogen) atoms. The molecule has 0 aliphatic heterocycles.